The number of hydrogen-bond acceptors (Lipinski definition) is 6. The van der Waals surface area contributed by atoms with E-state index in [-0.39, 0.29) is 11.7 Å². The molecule has 7 nitrogen and oxygen atoms in total. The Morgan fingerprint density at radius 3 is 2.62 bits per heavy atom. The smallest absolute Gasteiger partial charge is 0.302 e. The van der Waals surface area contributed by atoms with Crippen molar-refractivity contribution in [2.24, 2.45) is 10.7 Å². The molecule has 7 heteroatoms. The van der Waals surface area contributed by atoms with Crippen molar-refractivity contribution in [2.45, 2.75) is 24.7 Å². The summed E-state index contributed by atoms with van der Waals surface area (Å²) < 4.78 is 10.8. The first kappa shape index (κ1) is 11.0. The Labute approximate surface area is 92.1 Å². The normalized spacial score (nSPS) is 25.1. The zero-order valence-electron chi connectivity index (χ0n) is 8.67. The van der Waals surface area contributed by atoms with E-state index in [2.05, 4.69) is 4.99 Å². The molecular weight excluding hydrogens is 214 g/mol. The Bertz CT molecular complexity index is 339. The van der Waals surface area contributed by atoms with Gasteiger partial charge < -0.3 is 15.2 Å². The van der Waals surface area contributed by atoms with Gasteiger partial charge in [-0.3, -0.25) is 15.1 Å². The van der Waals surface area contributed by atoms with Crippen molar-refractivity contribution < 1.29 is 14.4 Å². The summed E-state index contributed by atoms with van der Waals surface area (Å²) in [5, 5.41) is 10.4. The fourth-order valence-corrected chi connectivity index (χ4v) is 1.83. The van der Waals surface area contributed by atoms with Gasteiger partial charge in [0.1, 0.15) is 6.21 Å². The second-order valence-corrected chi connectivity index (χ2v) is 3.80. The third kappa shape index (κ3) is 2.05. The lowest BCUT2D eigenvalue weighted by atomic mass is 9.86. The van der Waals surface area contributed by atoms with E-state index in [1.807, 2.05) is 0 Å². The lowest BCUT2D eigenvalue weighted by molar-refractivity contribution is -0.414. The number of aliphatic imine (C=N–C) groups is 1. The highest BCUT2D eigenvalue weighted by Gasteiger charge is 2.49. The Kier molecular flexibility index (Phi) is 2.88. The molecule has 88 valence electrons. The number of ether oxygens (including phenoxy) is 2. The van der Waals surface area contributed by atoms with Crippen molar-refractivity contribution in [1.82, 2.24) is 0 Å². The summed E-state index contributed by atoms with van der Waals surface area (Å²) in [6.07, 6.45) is 3.42. The number of nitrogens with two attached hydrogens (primary N) is 1. The molecule has 0 aromatic rings. The maximum atomic E-state index is 10.4. The molecule has 0 aromatic carbocycles. The monoisotopic (exact) mass is 227 g/mol. The minimum absolute atomic E-state index is 0.0213. The van der Waals surface area contributed by atoms with Gasteiger partial charge in [0, 0.05) is 12.8 Å². The van der Waals surface area contributed by atoms with Crippen LogP contribution in [0.1, 0.15) is 12.8 Å². The number of allylic oxidation sites excluding steroid dienone is 1. The number of nitrogens with zero attached hydrogens (tertiary/aromatic N) is 2. The average Bonchev–Trinajstić information content (AvgIpc) is 2.66. The SMILES string of the molecule is NC=C(C=NC1CC2(C1)OCCO2)[N+](=O)[O-]. The van der Waals surface area contributed by atoms with E-state index in [0.717, 1.165) is 6.20 Å². The van der Waals surface area contributed by atoms with Crippen LogP contribution >= 0.6 is 0 Å². The van der Waals surface area contributed by atoms with Gasteiger partial charge in [0.05, 0.1) is 30.4 Å². The van der Waals surface area contributed by atoms with Crippen molar-refractivity contribution in [3.8, 4) is 0 Å². The van der Waals surface area contributed by atoms with E-state index in [1.54, 1.807) is 0 Å². The predicted octanol–water partition coefficient (Wildman–Crippen LogP) is 0.0395. The van der Waals surface area contributed by atoms with Gasteiger partial charge in [-0.25, -0.2) is 0 Å². The van der Waals surface area contributed by atoms with Crippen LogP contribution in [0.15, 0.2) is 16.9 Å². The zero-order chi connectivity index (χ0) is 11.6. The molecule has 0 atom stereocenters. The molecule has 1 saturated carbocycles. The second kappa shape index (κ2) is 4.18. The van der Waals surface area contributed by atoms with E-state index in [1.165, 1.54) is 6.21 Å². The summed E-state index contributed by atoms with van der Waals surface area (Å²) in [6, 6.07) is 0.0213. The Morgan fingerprint density at radius 2 is 2.12 bits per heavy atom. The van der Waals surface area contributed by atoms with Crippen LogP contribution in [0, 0.1) is 10.1 Å². The first-order chi connectivity index (χ1) is 7.65. The summed E-state index contributed by atoms with van der Waals surface area (Å²) in [6.45, 7) is 1.22. The molecule has 1 aliphatic heterocycles. The van der Waals surface area contributed by atoms with Crippen molar-refractivity contribution in [3.63, 3.8) is 0 Å². The van der Waals surface area contributed by atoms with E-state index in [9.17, 15) is 10.1 Å². The van der Waals surface area contributed by atoms with Gasteiger partial charge in [-0.2, -0.15) is 0 Å². The van der Waals surface area contributed by atoms with Gasteiger partial charge in [0.25, 0.3) is 0 Å². The van der Waals surface area contributed by atoms with E-state index in [0.29, 0.717) is 26.1 Å². The molecule has 2 N–H and O–H groups in total. The molecule has 1 spiro atoms. The molecule has 0 aromatic heterocycles. The quantitative estimate of drug-likeness (QED) is 0.417. The topological polar surface area (TPSA) is 100.0 Å². The molecule has 0 bridgehead atoms. The highest BCUT2D eigenvalue weighted by atomic mass is 16.7. The second-order valence-electron chi connectivity index (χ2n) is 3.80. The maximum Gasteiger partial charge on any atom is 0.302 e. The van der Waals surface area contributed by atoms with Crippen molar-refractivity contribution in [3.05, 3.63) is 22.0 Å². The van der Waals surface area contributed by atoms with Gasteiger partial charge in [0.2, 0.25) is 0 Å². The third-order valence-corrected chi connectivity index (χ3v) is 2.71. The van der Waals surface area contributed by atoms with Crippen LogP contribution in [0.5, 0.6) is 0 Å². The lowest BCUT2D eigenvalue weighted by Crippen LogP contribution is -2.47. The van der Waals surface area contributed by atoms with Crippen molar-refractivity contribution in [1.29, 1.82) is 0 Å². The highest BCUT2D eigenvalue weighted by Crippen LogP contribution is 2.41. The molecule has 2 fully saturated rings. The van der Waals surface area contributed by atoms with Crippen LogP contribution in [0.25, 0.3) is 0 Å². The summed E-state index contributed by atoms with van der Waals surface area (Å²) in [5.74, 6) is -0.469. The third-order valence-electron chi connectivity index (χ3n) is 2.71. The highest BCUT2D eigenvalue weighted by molar-refractivity contribution is 5.75. The first-order valence-corrected chi connectivity index (χ1v) is 5.03. The molecule has 0 unspecified atom stereocenters. The molecule has 0 amide bonds. The van der Waals surface area contributed by atoms with Gasteiger partial charge in [0.15, 0.2) is 5.79 Å². The number of rotatable bonds is 3. The molecular formula is C9H13N3O4. The van der Waals surface area contributed by atoms with Gasteiger partial charge in [-0.15, -0.1) is 0 Å². The first-order valence-electron chi connectivity index (χ1n) is 5.03. The van der Waals surface area contributed by atoms with E-state index < -0.39 is 10.7 Å². The standard InChI is InChI=1S/C9H13N3O4/c10-5-8(12(13)14)6-11-7-3-9(4-7)15-1-2-16-9/h5-7H,1-4,10H2. The molecule has 2 rings (SSSR count). The van der Waals surface area contributed by atoms with Gasteiger partial charge >= 0.3 is 5.70 Å². The van der Waals surface area contributed by atoms with Crippen LogP contribution in [0.3, 0.4) is 0 Å². The zero-order valence-corrected chi connectivity index (χ0v) is 8.67. The fraction of sp³-hybridized carbons (Fsp3) is 0.667. The van der Waals surface area contributed by atoms with E-state index >= 15 is 0 Å². The molecule has 1 aliphatic carbocycles. The van der Waals surface area contributed by atoms with E-state index in [4.69, 9.17) is 15.2 Å². The van der Waals surface area contributed by atoms with Crippen LogP contribution in [0.2, 0.25) is 0 Å². The summed E-state index contributed by atoms with van der Waals surface area (Å²) in [5.41, 5.74) is 4.89. The van der Waals surface area contributed by atoms with Crippen LogP contribution in [-0.4, -0.2) is 36.2 Å². The minimum Gasteiger partial charge on any atom is -0.399 e. The molecule has 16 heavy (non-hydrogen) atoms. The number of nitro groups is 1. The van der Waals surface area contributed by atoms with Gasteiger partial charge in [-0.05, 0) is 0 Å². The molecule has 2 aliphatic rings. The summed E-state index contributed by atoms with van der Waals surface area (Å²) in [4.78, 5) is 13.9. The van der Waals surface area contributed by atoms with Crippen LogP contribution in [0.4, 0.5) is 0 Å². The minimum atomic E-state index is -0.569. The largest absolute Gasteiger partial charge is 0.399 e. The predicted molar refractivity (Wildman–Crippen MR) is 55.4 cm³/mol. The van der Waals surface area contributed by atoms with Crippen molar-refractivity contribution >= 4 is 6.21 Å². The lowest BCUT2D eigenvalue weighted by Gasteiger charge is -2.40. The average molecular weight is 227 g/mol. The van der Waals surface area contributed by atoms with Gasteiger partial charge in [-0.1, -0.05) is 0 Å². The Balaban J connectivity index is 1.84. The number of hydrogen-bond donors (Lipinski definition) is 1. The Hall–Kier alpha value is -1.47. The molecule has 1 heterocycles. The summed E-state index contributed by atoms with van der Waals surface area (Å²) >= 11 is 0. The Morgan fingerprint density at radius 1 is 1.50 bits per heavy atom. The molecule has 0 radical (unpaired) electrons. The summed E-state index contributed by atoms with van der Waals surface area (Å²) in [7, 11) is 0. The maximum absolute atomic E-state index is 10.4. The van der Waals surface area contributed by atoms with Crippen molar-refractivity contribution in [2.75, 3.05) is 13.2 Å². The van der Waals surface area contributed by atoms with Crippen LogP contribution < -0.4 is 5.73 Å². The van der Waals surface area contributed by atoms with Crippen LogP contribution in [-0.2, 0) is 9.47 Å². The fourth-order valence-electron chi connectivity index (χ4n) is 1.83. The molecule has 1 saturated heterocycles.